The molecule has 0 bridgehead atoms. The maximum absolute atomic E-state index is 12.8. The van der Waals surface area contributed by atoms with Crippen LogP contribution in [0.3, 0.4) is 0 Å². The predicted molar refractivity (Wildman–Crippen MR) is 148 cm³/mol. The lowest BCUT2D eigenvalue weighted by Crippen LogP contribution is -2.43. The highest BCUT2D eigenvalue weighted by molar-refractivity contribution is 5.87. The Morgan fingerprint density at radius 2 is 1.77 bits per heavy atom. The molecule has 1 aromatic carbocycles. The summed E-state index contributed by atoms with van der Waals surface area (Å²) in [5, 5.41) is 7.02. The Morgan fingerprint density at radius 1 is 1.02 bits per heavy atom. The number of hydrogen-bond donors (Lipinski definition) is 0. The summed E-state index contributed by atoms with van der Waals surface area (Å²) in [6.45, 7) is 5.53. The average molecular weight is 548 g/mol. The first-order chi connectivity index (χ1) is 19.5. The quantitative estimate of drug-likeness (QED) is 0.250. The number of alkyl halides is 2. The van der Waals surface area contributed by atoms with Crippen LogP contribution >= 0.6 is 0 Å². The van der Waals surface area contributed by atoms with Gasteiger partial charge in [0.1, 0.15) is 0 Å². The van der Waals surface area contributed by atoms with Gasteiger partial charge in [-0.3, -0.25) is 14.8 Å². The number of carbonyl (C=O) groups is 1. The molecule has 208 valence electrons. The highest BCUT2D eigenvalue weighted by atomic mass is 19.3. The number of piperidine rings is 1. The van der Waals surface area contributed by atoms with Crippen molar-refractivity contribution in [1.82, 2.24) is 25.1 Å². The predicted octanol–water partition coefficient (Wildman–Crippen LogP) is 5.21. The van der Waals surface area contributed by atoms with Crippen LogP contribution in [0, 0.1) is 0 Å². The van der Waals surface area contributed by atoms with Gasteiger partial charge < -0.3 is 19.1 Å². The standard InChI is InChI=1S/C29H31F2N7O2/c1-3-37-14-10-24(11-15-37)36(2)26-16-21(20-8-12-32-13-9-20)5-7-25(26)38(19-39)18-23-6-4-22(17-33-23)28-34-35-29(40-28)27(30)31/h4-9,12-13,16-17,19,24,27H,3,10-11,14-15,18H2,1-2H3. The zero-order valence-electron chi connectivity index (χ0n) is 22.5. The van der Waals surface area contributed by atoms with Crippen LogP contribution in [0.2, 0.25) is 0 Å². The van der Waals surface area contributed by atoms with Crippen molar-refractivity contribution < 1.29 is 18.0 Å². The molecule has 3 aromatic heterocycles. The van der Waals surface area contributed by atoms with Crippen LogP contribution in [0.4, 0.5) is 20.2 Å². The van der Waals surface area contributed by atoms with E-state index in [9.17, 15) is 13.6 Å². The van der Waals surface area contributed by atoms with Crippen molar-refractivity contribution >= 4 is 17.8 Å². The van der Waals surface area contributed by atoms with Crippen LogP contribution in [-0.4, -0.2) is 64.2 Å². The second kappa shape index (κ2) is 12.3. The van der Waals surface area contributed by atoms with Gasteiger partial charge in [0.2, 0.25) is 12.3 Å². The molecule has 4 aromatic rings. The van der Waals surface area contributed by atoms with Crippen molar-refractivity contribution in [2.45, 2.75) is 38.8 Å². The number of likely N-dealkylation sites (tertiary alicyclic amines) is 1. The number of amides is 1. The number of anilines is 2. The lowest BCUT2D eigenvalue weighted by molar-refractivity contribution is -0.107. The van der Waals surface area contributed by atoms with E-state index in [-0.39, 0.29) is 12.4 Å². The normalized spacial score (nSPS) is 14.4. The molecule has 5 rings (SSSR count). The van der Waals surface area contributed by atoms with Gasteiger partial charge in [-0.05, 0) is 66.9 Å². The van der Waals surface area contributed by atoms with Crippen LogP contribution < -0.4 is 9.80 Å². The van der Waals surface area contributed by atoms with Crippen molar-refractivity contribution in [1.29, 1.82) is 0 Å². The summed E-state index contributed by atoms with van der Waals surface area (Å²) < 4.78 is 30.6. The number of aromatic nitrogens is 4. The van der Waals surface area contributed by atoms with E-state index in [4.69, 9.17) is 4.42 Å². The molecule has 0 unspecified atom stereocenters. The molecule has 1 aliphatic rings. The fourth-order valence-corrected chi connectivity index (χ4v) is 5.03. The second-order valence-corrected chi connectivity index (χ2v) is 9.73. The maximum Gasteiger partial charge on any atom is 0.314 e. The Bertz CT molecular complexity index is 1410. The fraction of sp³-hybridized carbons (Fsp3) is 0.345. The molecule has 11 heteroatoms. The van der Waals surface area contributed by atoms with Crippen LogP contribution in [0.25, 0.3) is 22.6 Å². The number of halogens is 2. The number of hydrogen-bond acceptors (Lipinski definition) is 8. The molecule has 4 heterocycles. The van der Waals surface area contributed by atoms with Gasteiger partial charge in [0.25, 0.3) is 5.89 Å². The minimum atomic E-state index is -2.84. The molecule has 9 nitrogen and oxygen atoms in total. The number of nitrogens with zero attached hydrogens (tertiary/aromatic N) is 7. The van der Waals surface area contributed by atoms with Gasteiger partial charge in [0.15, 0.2) is 0 Å². The molecule has 1 amide bonds. The third kappa shape index (κ3) is 5.99. The van der Waals surface area contributed by atoms with E-state index in [0.29, 0.717) is 17.3 Å². The largest absolute Gasteiger partial charge is 0.415 e. The number of rotatable bonds is 10. The van der Waals surface area contributed by atoms with Gasteiger partial charge in [0, 0.05) is 44.8 Å². The van der Waals surface area contributed by atoms with Gasteiger partial charge in [-0.2, -0.15) is 8.78 Å². The summed E-state index contributed by atoms with van der Waals surface area (Å²) in [5.41, 5.74) is 4.85. The van der Waals surface area contributed by atoms with Crippen molar-refractivity contribution in [3.63, 3.8) is 0 Å². The lowest BCUT2D eigenvalue weighted by atomic mass is 10.00. The van der Waals surface area contributed by atoms with Crippen molar-refractivity contribution in [2.75, 3.05) is 36.5 Å². The van der Waals surface area contributed by atoms with E-state index in [1.807, 2.05) is 24.3 Å². The van der Waals surface area contributed by atoms with E-state index in [1.54, 1.807) is 29.4 Å². The van der Waals surface area contributed by atoms with Crippen molar-refractivity contribution in [3.8, 4) is 22.6 Å². The van der Waals surface area contributed by atoms with E-state index in [0.717, 1.165) is 61.4 Å². The second-order valence-electron chi connectivity index (χ2n) is 9.73. The molecular weight excluding hydrogens is 516 g/mol. The Balaban J connectivity index is 1.42. The number of benzene rings is 1. The minimum Gasteiger partial charge on any atom is -0.415 e. The number of carbonyl (C=O) groups excluding carboxylic acids is 1. The average Bonchev–Trinajstić information content (AvgIpc) is 3.51. The van der Waals surface area contributed by atoms with E-state index in [2.05, 4.69) is 50.0 Å². The minimum absolute atomic E-state index is 0.0358. The topological polar surface area (TPSA) is 91.5 Å². The zero-order valence-corrected chi connectivity index (χ0v) is 22.5. The highest BCUT2D eigenvalue weighted by Crippen LogP contribution is 2.36. The number of pyridine rings is 2. The van der Waals surface area contributed by atoms with E-state index < -0.39 is 12.3 Å². The van der Waals surface area contributed by atoms with Gasteiger partial charge >= 0.3 is 6.43 Å². The van der Waals surface area contributed by atoms with Gasteiger partial charge in [-0.1, -0.05) is 13.0 Å². The van der Waals surface area contributed by atoms with Crippen LogP contribution in [0.15, 0.2) is 65.5 Å². The summed E-state index contributed by atoms with van der Waals surface area (Å²) in [4.78, 5) is 27.3. The molecule has 40 heavy (non-hydrogen) atoms. The molecular formula is C29H31F2N7O2. The molecule has 0 aliphatic carbocycles. The summed E-state index contributed by atoms with van der Waals surface area (Å²) >= 11 is 0. The molecule has 0 atom stereocenters. The highest BCUT2D eigenvalue weighted by Gasteiger charge is 2.25. The van der Waals surface area contributed by atoms with Gasteiger partial charge in [-0.15, -0.1) is 10.2 Å². The fourth-order valence-electron chi connectivity index (χ4n) is 5.03. The Labute approximate surface area is 231 Å². The summed E-state index contributed by atoms with van der Waals surface area (Å²) in [7, 11) is 2.09. The maximum atomic E-state index is 12.8. The van der Waals surface area contributed by atoms with E-state index in [1.165, 1.54) is 6.20 Å². The zero-order chi connectivity index (χ0) is 28.1. The molecule has 0 radical (unpaired) electrons. The Morgan fingerprint density at radius 3 is 2.40 bits per heavy atom. The third-order valence-electron chi connectivity index (χ3n) is 7.39. The SMILES string of the molecule is CCN1CCC(N(C)c2cc(-c3ccncc3)ccc2N(C=O)Cc2ccc(-c3nnc(C(F)F)o3)cn2)CC1. The van der Waals surface area contributed by atoms with Gasteiger partial charge in [-0.25, -0.2) is 0 Å². The lowest BCUT2D eigenvalue weighted by Gasteiger charge is -2.39. The van der Waals surface area contributed by atoms with Crippen molar-refractivity contribution in [3.05, 3.63) is 72.6 Å². The monoisotopic (exact) mass is 547 g/mol. The Kier molecular flexibility index (Phi) is 8.40. The smallest absolute Gasteiger partial charge is 0.314 e. The summed E-state index contributed by atoms with van der Waals surface area (Å²) in [5.74, 6) is -0.773. The molecule has 0 spiro atoms. The molecule has 0 saturated carbocycles. The molecule has 1 fully saturated rings. The van der Waals surface area contributed by atoms with Crippen LogP contribution in [0.1, 0.15) is 37.8 Å². The van der Waals surface area contributed by atoms with Crippen LogP contribution in [0.5, 0.6) is 0 Å². The van der Waals surface area contributed by atoms with E-state index >= 15 is 0 Å². The van der Waals surface area contributed by atoms with Gasteiger partial charge in [0.05, 0.1) is 29.2 Å². The molecule has 1 saturated heterocycles. The first kappa shape index (κ1) is 27.3. The summed E-state index contributed by atoms with van der Waals surface area (Å²) in [6, 6.07) is 13.8. The third-order valence-corrected chi connectivity index (χ3v) is 7.39. The Hall–Kier alpha value is -4.25. The molecule has 1 aliphatic heterocycles. The van der Waals surface area contributed by atoms with Crippen molar-refractivity contribution in [2.24, 2.45) is 0 Å². The van der Waals surface area contributed by atoms with Crippen LogP contribution in [-0.2, 0) is 11.3 Å². The first-order valence-corrected chi connectivity index (χ1v) is 13.2. The summed E-state index contributed by atoms with van der Waals surface area (Å²) in [6.07, 6.45) is 5.05. The molecule has 0 N–H and O–H groups in total. The first-order valence-electron chi connectivity index (χ1n) is 13.2.